The fourth-order valence-electron chi connectivity index (χ4n) is 9.09. The van der Waals surface area contributed by atoms with Crippen molar-refractivity contribution in [1.82, 2.24) is 9.78 Å². The molecule has 5 rings (SSSR count). The first-order valence-corrected chi connectivity index (χ1v) is 14.3. The molecule has 0 saturated heterocycles. The lowest BCUT2D eigenvalue weighted by atomic mass is 9.44. The van der Waals surface area contributed by atoms with Gasteiger partial charge in [0.15, 0.2) is 5.78 Å². The summed E-state index contributed by atoms with van der Waals surface area (Å²) in [4.78, 5) is 13.4. The summed E-state index contributed by atoms with van der Waals surface area (Å²) in [6, 6.07) is 2.10. The quantitative estimate of drug-likeness (QED) is 0.651. The Kier molecular flexibility index (Phi) is 5.97. The highest BCUT2D eigenvalue weighted by atomic mass is 32.2. The lowest BCUT2D eigenvalue weighted by Crippen LogP contribution is -2.58. The number of carbonyl (C=O) groups excluding carboxylic acids is 1. The van der Waals surface area contributed by atoms with Gasteiger partial charge in [-0.3, -0.25) is 9.48 Å². The molecule has 1 aromatic heterocycles. The number of fused-ring (bicyclic) bond motifs is 5. The molecule has 4 fully saturated rings. The van der Waals surface area contributed by atoms with Crippen molar-refractivity contribution >= 4 is 17.5 Å². The Bertz CT molecular complexity index is 951. The second-order valence-corrected chi connectivity index (χ2v) is 13.1. The minimum Gasteiger partial charge on any atom is -0.390 e. The fraction of sp³-hybridized carbons (Fsp3) is 0.815. The number of thioether (sulfide) groups is 1. The number of rotatable bonds is 5. The van der Waals surface area contributed by atoms with Gasteiger partial charge in [0, 0.05) is 12.1 Å². The minimum absolute atomic E-state index is 0.0943. The minimum atomic E-state index is -0.495. The maximum Gasteiger partial charge on any atom is 0.157 e. The maximum atomic E-state index is 13.4. The topological polar surface area (TPSA) is 78.9 Å². The average Bonchev–Trinajstić information content (AvgIpc) is 3.37. The van der Waals surface area contributed by atoms with E-state index >= 15 is 0 Å². The van der Waals surface area contributed by atoms with E-state index in [4.69, 9.17) is 5.26 Å². The van der Waals surface area contributed by atoms with Crippen LogP contribution in [0, 0.1) is 51.8 Å². The van der Waals surface area contributed by atoms with Crippen LogP contribution < -0.4 is 0 Å². The summed E-state index contributed by atoms with van der Waals surface area (Å²) in [5.41, 5.74) is 0.486. The molecular weight excluding hydrogens is 430 g/mol. The summed E-state index contributed by atoms with van der Waals surface area (Å²) in [7, 11) is 0. The third-order valence-electron chi connectivity index (χ3n) is 10.5. The number of Topliss-reactive ketones (excluding diaryl/α,β-unsaturated/α-hetero) is 1. The molecule has 5 nitrogen and oxygen atoms in total. The molecule has 4 saturated carbocycles. The lowest BCUT2D eigenvalue weighted by molar-refractivity contribution is -0.149. The van der Waals surface area contributed by atoms with Gasteiger partial charge >= 0.3 is 0 Å². The van der Waals surface area contributed by atoms with E-state index in [2.05, 4.69) is 24.3 Å². The number of ketones is 1. The standard InChI is InChI=1S/C27H39N3O2S/c1-25(32)10-11-27(17-33-3)19(12-25)4-5-20-21-6-7-23(26(21,2)9-8-22(20)27)24(31)16-30-15-18(13-28)14-29-30/h14-15,19-23,32H,4-12,16-17H2,1-3H3/t19-,20+,21+,22+,23-,25-,26+,27-/m1/s1. The summed E-state index contributed by atoms with van der Waals surface area (Å²) < 4.78 is 1.65. The lowest BCUT2D eigenvalue weighted by Gasteiger charge is -2.62. The molecular formula is C27H39N3O2S. The van der Waals surface area contributed by atoms with Crippen molar-refractivity contribution in [3.63, 3.8) is 0 Å². The van der Waals surface area contributed by atoms with Crippen LogP contribution in [0.4, 0.5) is 0 Å². The Morgan fingerprint density at radius 1 is 1.21 bits per heavy atom. The maximum absolute atomic E-state index is 13.4. The molecule has 4 aliphatic carbocycles. The summed E-state index contributed by atoms with van der Waals surface area (Å²) in [6.07, 6.45) is 15.6. The Morgan fingerprint density at radius 3 is 2.76 bits per heavy atom. The molecule has 4 aliphatic rings. The molecule has 0 radical (unpaired) electrons. The van der Waals surface area contributed by atoms with Gasteiger partial charge in [0.2, 0.25) is 0 Å². The second kappa shape index (κ2) is 8.41. The summed E-state index contributed by atoms with van der Waals surface area (Å²) >= 11 is 2.01. The second-order valence-electron chi connectivity index (χ2n) is 12.2. The van der Waals surface area contributed by atoms with Crippen molar-refractivity contribution in [2.24, 2.45) is 40.4 Å². The van der Waals surface area contributed by atoms with E-state index in [-0.39, 0.29) is 17.9 Å². The zero-order valence-corrected chi connectivity index (χ0v) is 21.2. The first kappa shape index (κ1) is 23.4. The molecule has 33 heavy (non-hydrogen) atoms. The summed E-state index contributed by atoms with van der Waals surface area (Å²) in [5, 5.41) is 24.1. The highest BCUT2D eigenvalue weighted by molar-refractivity contribution is 7.98. The number of nitrogens with zero attached hydrogens (tertiary/aromatic N) is 3. The van der Waals surface area contributed by atoms with Crippen LogP contribution in [0.1, 0.15) is 77.2 Å². The highest BCUT2D eigenvalue weighted by Gasteiger charge is 2.62. The molecule has 1 N–H and O–H groups in total. The molecule has 8 atom stereocenters. The van der Waals surface area contributed by atoms with Gasteiger partial charge in [-0.25, -0.2) is 0 Å². The first-order chi connectivity index (χ1) is 15.7. The number of carbonyl (C=O) groups is 1. The molecule has 0 amide bonds. The zero-order chi connectivity index (χ0) is 23.4. The SMILES string of the molecule is CSC[C@]12CC[C@@](C)(O)C[C@H]1CC[C@H]1[C@@H]3CC[C@H](C(=O)Cn4cc(C#N)cn4)[C@@]3(C)CC[C@@H]12. The van der Waals surface area contributed by atoms with Crippen LogP contribution in [-0.2, 0) is 11.3 Å². The third kappa shape index (κ3) is 3.78. The average molecular weight is 470 g/mol. The van der Waals surface area contributed by atoms with Gasteiger partial charge in [0.25, 0.3) is 0 Å². The van der Waals surface area contributed by atoms with Crippen LogP contribution in [0.15, 0.2) is 12.4 Å². The number of hydrogen-bond acceptors (Lipinski definition) is 5. The normalized spacial score (nSPS) is 44.4. The zero-order valence-electron chi connectivity index (χ0n) is 20.4. The van der Waals surface area contributed by atoms with Crippen LogP contribution >= 0.6 is 11.8 Å². The van der Waals surface area contributed by atoms with E-state index in [1.54, 1.807) is 17.1 Å². The van der Waals surface area contributed by atoms with Crippen LogP contribution in [0.25, 0.3) is 0 Å². The summed E-state index contributed by atoms with van der Waals surface area (Å²) in [6.45, 7) is 4.74. The van der Waals surface area contributed by atoms with Crippen LogP contribution in [0.3, 0.4) is 0 Å². The third-order valence-corrected chi connectivity index (χ3v) is 11.4. The monoisotopic (exact) mass is 469 g/mol. The van der Waals surface area contributed by atoms with Crippen molar-refractivity contribution in [3.8, 4) is 6.07 Å². The molecule has 6 heteroatoms. The van der Waals surface area contributed by atoms with Crippen molar-refractivity contribution in [1.29, 1.82) is 5.26 Å². The van der Waals surface area contributed by atoms with Gasteiger partial charge in [-0.2, -0.15) is 22.1 Å². The van der Waals surface area contributed by atoms with Crippen LogP contribution in [0.5, 0.6) is 0 Å². The first-order valence-electron chi connectivity index (χ1n) is 12.9. The van der Waals surface area contributed by atoms with E-state index in [1.807, 2.05) is 18.7 Å². The molecule has 0 bridgehead atoms. The fourth-order valence-corrected chi connectivity index (χ4v) is 10.2. The van der Waals surface area contributed by atoms with E-state index < -0.39 is 5.60 Å². The van der Waals surface area contributed by atoms with Crippen molar-refractivity contribution in [2.45, 2.75) is 83.8 Å². The highest BCUT2D eigenvalue weighted by Crippen LogP contribution is 2.68. The van der Waals surface area contributed by atoms with Crippen molar-refractivity contribution < 1.29 is 9.90 Å². The molecule has 0 aromatic carbocycles. The predicted molar refractivity (Wildman–Crippen MR) is 130 cm³/mol. The molecule has 1 heterocycles. The Labute approximate surface area is 202 Å². The number of aliphatic hydroxyl groups is 1. The van der Waals surface area contributed by atoms with E-state index in [9.17, 15) is 9.90 Å². The Balaban J connectivity index is 1.36. The van der Waals surface area contributed by atoms with Gasteiger partial charge in [0.05, 0.1) is 23.9 Å². The number of nitriles is 1. The molecule has 1 aromatic rings. The number of aromatic nitrogens is 2. The Morgan fingerprint density at radius 2 is 2.03 bits per heavy atom. The van der Waals surface area contributed by atoms with Gasteiger partial charge in [-0.05, 0) is 111 Å². The molecule has 180 valence electrons. The number of hydrogen-bond donors (Lipinski definition) is 1. The van der Waals surface area contributed by atoms with Gasteiger partial charge in [-0.15, -0.1) is 0 Å². The van der Waals surface area contributed by atoms with Gasteiger partial charge < -0.3 is 5.11 Å². The smallest absolute Gasteiger partial charge is 0.157 e. The van der Waals surface area contributed by atoms with Gasteiger partial charge in [0.1, 0.15) is 6.07 Å². The van der Waals surface area contributed by atoms with E-state index in [0.29, 0.717) is 28.6 Å². The largest absolute Gasteiger partial charge is 0.390 e. The molecule has 0 spiro atoms. The van der Waals surface area contributed by atoms with Crippen LogP contribution in [-0.4, -0.2) is 38.3 Å². The predicted octanol–water partition coefficient (Wildman–Crippen LogP) is 5.08. The molecule has 0 unspecified atom stereocenters. The Hall–Kier alpha value is -1.32. The van der Waals surface area contributed by atoms with Gasteiger partial charge in [-0.1, -0.05) is 6.92 Å². The summed E-state index contributed by atoms with van der Waals surface area (Å²) in [5.74, 6) is 4.39. The van der Waals surface area contributed by atoms with E-state index in [0.717, 1.165) is 37.5 Å². The van der Waals surface area contributed by atoms with E-state index in [1.165, 1.54) is 37.9 Å². The van der Waals surface area contributed by atoms with Crippen molar-refractivity contribution in [3.05, 3.63) is 18.0 Å². The van der Waals surface area contributed by atoms with Crippen LogP contribution in [0.2, 0.25) is 0 Å². The molecule has 0 aliphatic heterocycles. The van der Waals surface area contributed by atoms with Crippen molar-refractivity contribution in [2.75, 3.05) is 12.0 Å².